The van der Waals surface area contributed by atoms with Crippen molar-refractivity contribution in [1.82, 2.24) is 0 Å². The van der Waals surface area contributed by atoms with Crippen LogP contribution < -0.4 is 0 Å². The molecule has 1 aromatic rings. The average molecular weight is 184 g/mol. The van der Waals surface area contributed by atoms with E-state index in [1.165, 1.54) is 11.1 Å². The summed E-state index contributed by atoms with van der Waals surface area (Å²) in [4.78, 5) is 0. The van der Waals surface area contributed by atoms with Crippen molar-refractivity contribution in [2.75, 3.05) is 0 Å². The Morgan fingerprint density at radius 2 is 1.42 bits per heavy atom. The van der Waals surface area contributed by atoms with E-state index in [4.69, 9.17) is 0 Å². The zero-order chi connectivity index (χ0) is 8.59. The molecular weight excluding hydrogens is 167 g/mol. The van der Waals surface area contributed by atoms with Gasteiger partial charge in [0.1, 0.15) is 5.75 Å². The zero-order valence-electron chi connectivity index (χ0n) is 8.23. The number of aromatic hydroxyl groups is 1. The van der Waals surface area contributed by atoms with Crippen molar-refractivity contribution >= 4 is 9.90 Å². The van der Waals surface area contributed by atoms with Gasteiger partial charge in [0.15, 0.2) is 0 Å². The molecule has 0 aliphatic rings. The van der Waals surface area contributed by atoms with Gasteiger partial charge in [0.2, 0.25) is 0 Å². The van der Waals surface area contributed by atoms with Crippen LogP contribution in [0.4, 0.5) is 0 Å². The highest BCUT2D eigenvalue weighted by Gasteiger charge is 2.04. The number of rotatable bonds is 0. The lowest BCUT2D eigenvalue weighted by Crippen LogP contribution is -1.90. The summed E-state index contributed by atoms with van der Waals surface area (Å²) in [5.41, 5.74) is 4.63. The molecule has 1 unspecified atom stereocenters. The summed E-state index contributed by atoms with van der Waals surface area (Å²) in [7, 11) is 0. The summed E-state index contributed by atoms with van der Waals surface area (Å²) in [6, 6.07) is 1.82. The first-order valence-corrected chi connectivity index (χ1v) is 3.80. The standard InChI is InChI=1S/C10H14O.H3P/c1-6-5-10(11)9(4)8(3)7(6)2;/h5,11H,1-4H3;1H3. The lowest BCUT2D eigenvalue weighted by Gasteiger charge is -2.09. The third kappa shape index (κ3) is 1.78. The molecule has 0 aliphatic carbocycles. The molecule has 0 aromatic heterocycles. The first-order chi connectivity index (χ1) is 5.04. The Labute approximate surface area is 77.4 Å². The molecule has 0 saturated carbocycles. The molecule has 0 spiro atoms. The van der Waals surface area contributed by atoms with Gasteiger partial charge in [0.25, 0.3) is 0 Å². The van der Waals surface area contributed by atoms with Gasteiger partial charge in [-0.25, -0.2) is 0 Å². The Kier molecular flexibility index (Phi) is 3.73. The van der Waals surface area contributed by atoms with Gasteiger partial charge in [-0.15, -0.1) is 0 Å². The van der Waals surface area contributed by atoms with Crippen molar-refractivity contribution in [3.8, 4) is 5.75 Å². The van der Waals surface area contributed by atoms with Crippen LogP contribution in [0.2, 0.25) is 0 Å². The molecular formula is C10H17OP. The number of phenols is 1. The predicted molar refractivity (Wildman–Crippen MR) is 58.2 cm³/mol. The fourth-order valence-corrected chi connectivity index (χ4v) is 1.19. The monoisotopic (exact) mass is 184 g/mol. The van der Waals surface area contributed by atoms with Gasteiger partial charge in [0, 0.05) is 0 Å². The van der Waals surface area contributed by atoms with Crippen molar-refractivity contribution in [2.45, 2.75) is 27.7 Å². The first kappa shape index (κ1) is 11.4. The summed E-state index contributed by atoms with van der Waals surface area (Å²) < 4.78 is 0. The molecule has 68 valence electrons. The second kappa shape index (κ2) is 3.91. The van der Waals surface area contributed by atoms with Crippen molar-refractivity contribution in [3.63, 3.8) is 0 Å². The van der Waals surface area contributed by atoms with Crippen LogP contribution in [-0.2, 0) is 0 Å². The second-order valence-electron chi connectivity index (χ2n) is 3.09. The lowest BCUT2D eigenvalue weighted by atomic mass is 9.99. The highest BCUT2D eigenvalue weighted by Crippen LogP contribution is 2.25. The summed E-state index contributed by atoms with van der Waals surface area (Å²) in [5.74, 6) is 0.408. The van der Waals surface area contributed by atoms with Gasteiger partial charge in [-0.3, -0.25) is 0 Å². The fourth-order valence-electron chi connectivity index (χ4n) is 1.19. The van der Waals surface area contributed by atoms with Gasteiger partial charge >= 0.3 is 0 Å². The van der Waals surface area contributed by atoms with E-state index in [1.54, 1.807) is 0 Å². The van der Waals surface area contributed by atoms with Gasteiger partial charge in [-0.05, 0) is 56.0 Å². The topological polar surface area (TPSA) is 20.2 Å². The Morgan fingerprint density at radius 3 is 1.92 bits per heavy atom. The molecule has 0 saturated heterocycles. The predicted octanol–water partition coefficient (Wildman–Crippen LogP) is 2.68. The van der Waals surface area contributed by atoms with E-state index in [9.17, 15) is 5.11 Å². The van der Waals surface area contributed by atoms with Crippen LogP contribution in [0.15, 0.2) is 6.07 Å². The Hall–Kier alpha value is -0.550. The summed E-state index contributed by atoms with van der Waals surface area (Å²) in [6.07, 6.45) is 0. The summed E-state index contributed by atoms with van der Waals surface area (Å²) >= 11 is 0. The maximum atomic E-state index is 9.41. The van der Waals surface area contributed by atoms with Gasteiger partial charge in [0.05, 0.1) is 0 Å². The normalized spacial score (nSPS) is 9.33. The smallest absolute Gasteiger partial charge is 0.119 e. The molecule has 0 aliphatic heterocycles. The minimum atomic E-state index is 0. The maximum absolute atomic E-state index is 9.41. The van der Waals surface area contributed by atoms with Gasteiger partial charge in [-0.1, -0.05) is 0 Å². The number of phenolic OH excluding ortho intramolecular Hbond substituents is 1. The summed E-state index contributed by atoms with van der Waals surface area (Å²) in [6.45, 7) is 8.08. The van der Waals surface area contributed by atoms with E-state index < -0.39 is 0 Å². The molecule has 2 heteroatoms. The van der Waals surface area contributed by atoms with Crippen LogP contribution in [0, 0.1) is 27.7 Å². The molecule has 0 amide bonds. The molecule has 0 bridgehead atoms. The van der Waals surface area contributed by atoms with E-state index in [1.807, 2.05) is 26.8 Å². The number of benzene rings is 1. The van der Waals surface area contributed by atoms with Crippen LogP contribution in [0.25, 0.3) is 0 Å². The minimum Gasteiger partial charge on any atom is -0.508 e. The lowest BCUT2D eigenvalue weighted by molar-refractivity contribution is 0.470. The molecule has 1 nitrogen and oxygen atoms in total. The van der Waals surface area contributed by atoms with Crippen LogP contribution in [0.1, 0.15) is 22.3 Å². The molecule has 1 aromatic carbocycles. The summed E-state index contributed by atoms with van der Waals surface area (Å²) in [5, 5.41) is 9.41. The average Bonchev–Trinajstić information content (AvgIpc) is 1.97. The third-order valence-corrected chi connectivity index (χ3v) is 2.45. The van der Waals surface area contributed by atoms with Crippen molar-refractivity contribution < 1.29 is 5.11 Å². The number of hydrogen-bond donors (Lipinski definition) is 1. The highest BCUT2D eigenvalue weighted by molar-refractivity contribution is 6.92. The number of aryl methyl sites for hydroxylation is 1. The van der Waals surface area contributed by atoms with Crippen LogP contribution >= 0.6 is 9.90 Å². The van der Waals surface area contributed by atoms with E-state index in [0.717, 1.165) is 11.1 Å². The molecule has 12 heavy (non-hydrogen) atoms. The first-order valence-electron chi connectivity index (χ1n) is 3.80. The molecule has 1 atom stereocenters. The molecule has 0 fully saturated rings. The SMILES string of the molecule is Cc1cc(O)c(C)c(C)c1C.P. The molecule has 0 radical (unpaired) electrons. The minimum absolute atomic E-state index is 0. The van der Waals surface area contributed by atoms with E-state index in [-0.39, 0.29) is 9.90 Å². The third-order valence-electron chi connectivity index (χ3n) is 2.45. The van der Waals surface area contributed by atoms with E-state index in [2.05, 4.69) is 6.92 Å². The maximum Gasteiger partial charge on any atom is 0.119 e. The largest absolute Gasteiger partial charge is 0.508 e. The highest BCUT2D eigenvalue weighted by atomic mass is 31.0. The molecule has 1 rings (SSSR count). The number of hydrogen-bond acceptors (Lipinski definition) is 1. The van der Waals surface area contributed by atoms with Crippen molar-refractivity contribution in [3.05, 3.63) is 28.3 Å². The molecule has 0 heterocycles. The Bertz CT molecular complexity index is 266. The van der Waals surface area contributed by atoms with Crippen LogP contribution in [-0.4, -0.2) is 5.11 Å². The van der Waals surface area contributed by atoms with Gasteiger partial charge < -0.3 is 5.11 Å². The van der Waals surface area contributed by atoms with Crippen LogP contribution in [0.3, 0.4) is 0 Å². The van der Waals surface area contributed by atoms with E-state index >= 15 is 0 Å². The van der Waals surface area contributed by atoms with Crippen molar-refractivity contribution in [1.29, 1.82) is 0 Å². The second-order valence-corrected chi connectivity index (χ2v) is 3.09. The van der Waals surface area contributed by atoms with Crippen molar-refractivity contribution in [2.24, 2.45) is 0 Å². The Morgan fingerprint density at radius 1 is 0.917 bits per heavy atom. The Balaban J connectivity index is 0.00000121. The molecule has 1 N–H and O–H groups in total. The zero-order valence-corrected chi connectivity index (χ0v) is 9.65. The van der Waals surface area contributed by atoms with E-state index in [0.29, 0.717) is 5.75 Å². The quantitative estimate of drug-likeness (QED) is 0.614. The fraction of sp³-hybridized carbons (Fsp3) is 0.400. The van der Waals surface area contributed by atoms with Crippen LogP contribution in [0.5, 0.6) is 5.75 Å². The van der Waals surface area contributed by atoms with Gasteiger partial charge in [-0.2, -0.15) is 9.90 Å².